The van der Waals surface area contributed by atoms with E-state index in [0.717, 1.165) is 23.7 Å². The molecular weight excluding hydrogens is 366 g/mol. The minimum atomic E-state index is -0.301. The fourth-order valence-electron chi connectivity index (χ4n) is 4.05. The number of unbranched alkanes of at least 4 members (excludes halogenated alkanes) is 4. The van der Waals surface area contributed by atoms with Gasteiger partial charge in [0.15, 0.2) is 5.52 Å². The molecule has 4 aromatic rings. The molecule has 0 aliphatic carbocycles. The van der Waals surface area contributed by atoms with E-state index in [-0.39, 0.29) is 11.4 Å². The smallest absolute Gasteiger partial charge is 0.431 e. The van der Waals surface area contributed by atoms with Crippen molar-refractivity contribution in [3.8, 4) is 5.88 Å². The molecule has 0 saturated carbocycles. The number of hydrogen-bond donors (Lipinski definition) is 1. The zero-order valence-electron chi connectivity index (χ0n) is 17.4. The Morgan fingerprint density at radius 3 is 2.62 bits per heavy atom. The SMILES string of the molecule is CCCCCCC[n+]1c(O)c(CC)c(=O)n2nc3c4ccccc4n(C)c3nc21. The van der Waals surface area contributed by atoms with Crippen LogP contribution in [0.5, 0.6) is 5.88 Å². The van der Waals surface area contributed by atoms with E-state index in [2.05, 4.69) is 12.0 Å². The Bertz CT molecular complexity index is 1260. The van der Waals surface area contributed by atoms with Crippen LogP contribution in [0.3, 0.4) is 0 Å². The normalized spacial score (nSPS) is 11.8. The van der Waals surface area contributed by atoms with Crippen LogP contribution >= 0.6 is 0 Å². The topological polar surface area (TPSA) is 76.3 Å². The molecule has 3 heterocycles. The van der Waals surface area contributed by atoms with Gasteiger partial charge in [-0.2, -0.15) is 4.57 Å². The molecule has 0 aliphatic heterocycles. The van der Waals surface area contributed by atoms with Crippen LogP contribution in [0.15, 0.2) is 29.1 Å². The highest BCUT2D eigenvalue weighted by atomic mass is 16.3. The maximum Gasteiger partial charge on any atom is 0.431 e. The summed E-state index contributed by atoms with van der Waals surface area (Å²) >= 11 is 0. The number of fused-ring (bicyclic) bond motifs is 4. The van der Waals surface area contributed by atoms with Crippen molar-refractivity contribution < 1.29 is 9.67 Å². The Kier molecular flexibility index (Phi) is 5.22. The highest BCUT2D eigenvalue weighted by Gasteiger charge is 2.26. The Morgan fingerprint density at radius 2 is 1.86 bits per heavy atom. The molecule has 0 radical (unpaired) electrons. The van der Waals surface area contributed by atoms with Gasteiger partial charge in [0.1, 0.15) is 5.56 Å². The monoisotopic (exact) mass is 394 g/mol. The van der Waals surface area contributed by atoms with Gasteiger partial charge in [-0.1, -0.05) is 67.3 Å². The fraction of sp³-hybridized carbons (Fsp3) is 0.455. The molecule has 7 nitrogen and oxygen atoms in total. The molecule has 0 fully saturated rings. The molecule has 1 aromatic carbocycles. The van der Waals surface area contributed by atoms with Gasteiger partial charge >= 0.3 is 11.3 Å². The van der Waals surface area contributed by atoms with Gasteiger partial charge in [-0.05, 0) is 23.9 Å². The molecule has 29 heavy (non-hydrogen) atoms. The van der Waals surface area contributed by atoms with Gasteiger partial charge in [-0.15, -0.1) is 0 Å². The summed E-state index contributed by atoms with van der Waals surface area (Å²) in [5, 5.41) is 16.5. The molecule has 152 valence electrons. The summed E-state index contributed by atoms with van der Waals surface area (Å²) in [4.78, 5) is 17.8. The first-order chi connectivity index (χ1) is 14.1. The molecule has 4 rings (SSSR count). The third-order valence-corrected chi connectivity index (χ3v) is 5.70. The molecule has 1 N–H and O–H groups in total. The highest BCUT2D eigenvalue weighted by Crippen LogP contribution is 2.25. The van der Waals surface area contributed by atoms with Gasteiger partial charge in [0.05, 0.1) is 12.1 Å². The predicted molar refractivity (Wildman–Crippen MR) is 113 cm³/mol. The van der Waals surface area contributed by atoms with Crippen LogP contribution in [0, 0.1) is 0 Å². The van der Waals surface area contributed by atoms with Crippen LogP contribution in [0.4, 0.5) is 0 Å². The van der Waals surface area contributed by atoms with Crippen LogP contribution in [0.2, 0.25) is 0 Å². The van der Waals surface area contributed by atoms with E-state index in [1.165, 1.54) is 23.8 Å². The molecule has 0 atom stereocenters. The fourth-order valence-corrected chi connectivity index (χ4v) is 4.05. The van der Waals surface area contributed by atoms with E-state index in [1.807, 2.05) is 42.8 Å². The van der Waals surface area contributed by atoms with Gasteiger partial charge in [0.2, 0.25) is 5.65 Å². The Morgan fingerprint density at radius 1 is 1.10 bits per heavy atom. The van der Waals surface area contributed by atoms with Crippen molar-refractivity contribution in [3.05, 3.63) is 40.2 Å². The minimum Gasteiger partial charge on any atom is -0.483 e. The predicted octanol–water partition coefficient (Wildman–Crippen LogP) is 3.26. The maximum atomic E-state index is 13.0. The number of rotatable bonds is 7. The second-order valence-electron chi connectivity index (χ2n) is 7.60. The van der Waals surface area contributed by atoms with E-state index < -0.39 is 0 Å². The minimum absolute atomic E-state index is 0.0143. The van der Waals surface area contributed by atoms with E-state index in [4.69, 9.17) is 4.98 Å². The lowest BCUT2D eigenvalue weighted by Crippen LogP contribution is -2.43. The Balaban J connectivity index is 1.95. The number of nitrogens with zero attached hydrogens (tertiary/aromatic N) is 5. The van der Waals surface area contributed by atoms with Crippen molar-refractivity contribution in [1.82, 2.24) is 19.2 Å². The van der Waals surface area contributed by atoms with Crippen LogP contribution in [0.1, 0.15) is 51.5 Å². The van der Waals surface area contributed by atoms with Gasteiger partial charge in [0.25, 0.3) is 5.88 Å². The third kappa shape index (κ3) is 3.14. The first-order valence-corrected chi connectivity index (χ1v) is 10.5. The first-order valence-electron chi connectivity index (χ1n) is 10.5. The standard InChI is InChI=1S/C22H27N5O2/c1-4-6-7-8-11-14-26-20(28)15(5-2)21(29)27-22(26)23-19-18(24-27)16-12-9-10-13-17(16)25(19)3/h9-10,12-13H,4-8,11,14H2,1-3H3/p+1. The van der Waals surface area contributed by atoms with Crippen molar-refractivity contribution in [2.24, 2.45) is 7.05 Å². The van der Waals surface area contributed by atoms with Crippen LogP contribution in [-0.2, 0) is 20.0 Å². The summed E-state index contributed by atoms with van der Waals surface area (Å²) in [6, 6.07) is 7.95. The van der Waals surface area contributed by atoms with E-state index in [9.17, 15) is 9.90 Å². The summed E-state index contributed by atoms with van der Waals surface area (Å²) in [5.41, 5.74) is 2.49. The zero-order chi connectivity index (χ0) is 20.5. The molecule has 7 heteroatoms. The van der Waals surface area contributed by atoms with Crippen molar-refractivity contribution in [1.29, 1.82) is 0 Å². The highest BCUT2D eigenvalue weighted by molar-refractivity contribution is 6.04. The number of aromatic hydroxyl groups is 1. The van der Waals surface area contributed by atoms with Gasteiger partial charge < -0.3 is 9.67 Å². The second-order valence-corrected chi connectivity index (χ2v) is 7.60. The lowest BCUT2D eigenvalue weighted by atomic mass is 10.1. The largest absolute Gasteiger partial charge is 0.483 e. The summed E-state index contributed by atoms with van der Waals surface area (Å²) < 4.78 is 5.09. The number of aryl methyl sites for hydroxylation is 2. The first kappa shape index (κ1) is 19.4. The molecular formula is C22H28N5O2+. The summed E-state index contributed by atoms with van der Waals surface area (Å²) in [6.45, 7) is 4.67. The lowest BCUT2D eigenvalue weighted by molar-refractivity contribution is -0.683. The van der Waals surface area contributed by atoms with E-state index >= 15 is 0 Å². The molecule has 0 saturated heterocycles. The molecule has 0 amide bonds. The number of hydrogen-bond acceptors (Lipinski definition) is 4. The second kappa shape index (κ2) is 7.81. The van der Waals surface area contributed by atoms with Gasteiger partial charge in [0, 0.05) is 12.4 Å². The Labute approximate surface area is 169 Å². The van der Waals surface area contributed by atoms with E-state index in [1.54, 1.807) is 4.57 Å². The number of para-hydroxylation sites is 1. The zero-order valence-corrected chi connectivity index (χ0v) is 17.4. The van der Waals surface area contributed by atoms with Crippen molar-refractivity contribution in [2.45, 2.75) is 58.9 Å². The van der Waals surface area contributed by atoms with Gasteiger partial charge in [-0.3, -0.25) is 0 Å². The van der Waals surface area contributed by atoms with Crippen molar-refractivity contribution >= 4 is 27.8 Å². The quantitative estimate of drug-likeness (QED) is 0.386. The average Bonchev–Trinajstić information content (AvgIpc) is 3.01. The Hall–Kier alpha value is -2.96. The lowest BCUT2D eigenvalue weighted by Gasteiger charge is -2.08. The third-order valence-electron chi connectivity index (χ3n) is 5.70. The van der Waals surface area contributed by atoms with Gasteiger partial charge in [-0.25, -0.2) is 4.79 Å². The molecule has 0 unspecified atom stereocenters. The molecule has 0 spiro atoms. The van der Waals surface area contributed by atoms with E-state index in [0.29, 0.717) is 35.5 Å². The summed E-state index contributed by atoms with van der Waals surface area (Å²) in [7, 11) is 1.95. The maximum absolute atomic E-state index is 13.0. The van der Waals surface area contributed by atoms with Crippen LogP contribution in [0.25, 0.3) is 27.8 Å². The number of benzene rings is 1. The molecule has 0 bridgehead atoms. The number of aromatic nitrogens is 5. The molecule has 3 aromatic heterocycles. The van der Waals surface area contributed by atoms with Crippen molar-refractivity contribution in [3.63, 3.8) is 0 Å². The summed E-state index contributed by atoms with van der Waals surface area (Å²) in [5.74, 6) is 0.402. The van der Waals surface area contributed by atoms with Crippen LogP contribution in [-0.4, -0.2) is 24.3 Å². The van der Waals surface area contributed by atoms with Crippen LogP contribution < -0.4 is 10.1 Å². The summed E-state index contributed by atoms with van der Waals surface area (Å²) in [6.07, 6.45) is 6.01. The van der Waals surface area contributed by atoms with Crippen molar-refractivity contribution in [2.75, 3.05) is 0 Å². The molecule has 0 aliphatic rings. The average molecular weight is 394 g/mol.